The van der Waals surface area contributed by atoms with E-state index >= 15 is 0 Å². The Balaban J connectivity index is 1.99. The normalized spacial score (nSPS) is 21.6. The van der Waals surface area contributed by atoms with Crippen LogP contribution in [-0.4, -0.2) is 14.8 Å². The van der Waals surface area contributed by atoms with Crippen molar-refractivity contribution in [3.63, 3.8) is 0 Å². The first kappa shape index (κ1) is 10.7. The fourth-order valence-corrected chi connectivity index (χ4v) is 3.74. The Morgan fingerprint density at radius 2 is 2.17 bits per heavy atom. The summed E-state index contributed by atoms with van der Waals surface area (Å²) in [5.41, 5.74) is 4.29. The molecule has 92 valence electrons. The lowest BCUT2D eigenvalue weighted by Gasteiger charge is -2.25. The Morgan fingerprint density at radius 1 is 1.33 bits per heavy atom. The molecule has 1 aliphatic heterocycles. The maximum atomic E-state index is 4.25. The summed E-state index contributed by atoms with van der Waals surface area (Å²) in [6.07, 6.45) is 5.59. The summed E-state index contributed by atoms with van der Waals surface area (Å²) in [6, 6.07) is 4.36. The molecular formula is C14H14BrN3. The zero-order valence-electron chi connectivity index (χ0n) is 10.2. The van der Waals surface area contributed by atoms with E-state index in [1.807, 2.05) is 6.33 Å². The number of halogens is 1. The number of fused-ring (bicyclic) bond motifs is 3. The first-order valence-electron chi connectivity index (χ1n) is 6.47. The predicted molar refractivity (Wildman–Crippen MR) is 73.2 cm³/mol. The van der Waals surface area contributed by atoms with Crippen LogP contribution in [0.25, 0.3) is 5.69 Å². The fourth-order valence-electron chi connectivity index (χ4n) is 3.04. The van der Waals surface area contributed by atoms with Crippen molar-refractivity contribution in [1.82, 2.24) is 14.8 Å². The second-order valence-corrected chi connectivity index (χ2v) is 6.25. The van der Waals surface area contributed by atoms with Gasteiger partial charge in [0.15, 0.2) is 0 Å². The Bertz CT molecular complexity index is 628. The van der Waals surface area contributed by atoms with Gasteiger partial charge in [-0.3, -0.25) is 4.57 Å². The predicted octanol–water partition coefficient (Wildman–Crippen LogP) is 3.57. The topological polar surface area (TPSA) is 30.7 Å². The van der Waals surface area contributed by atoms with E-state index in [-0.39, 0.29) is 0 Å². The van der Waals surface area contributed by atoms with E-state index in [0.717, 1.165) is 18.2 Å². The first-order valence-corrected chi connectivity index (χ1v) is 7.26. The number of benzene rings is 1. The summed E-state index contributed by atoms with van der Waals surface area (Å²) in [5, 5.41) is 8.32. The average molecular weight is 304 g/mol. The number of nitrogens with zero attached hydrogens (tertiary/aromatic N) is 3. The third-order valence-corrected chi connectivity index (χ3v) is 4.74. The molecule has 2 aliphatic rings. The molecule has 0 amide bonds. The lowest BCUT2D eigenvalue weighted by atomic mass is 9.89. The molecule has 3 nitrogen and oxygen atoms in total. The standard InChI is InChI=1S/C14H14BrN3/c1-8-6-10-12(18-7-16-17-14(8)18)5-4-11(15)13(10)9-2-3-9/h4-5,7-9H,2-3,6H2,1H3. The molecule has 0 radical (unpaired) electrons. The molecule has 18 heavy (non-hydrogen) atoms. The van der Waals surface area contributed by atoms with Crippen LogP contribution >= 0.6 is 15.9 Å². The number of hydrogen-bond acceptors (Lipinski definition) is 2. The summed E-state index contributed by atoms with van der Waals surface area (Å²) < 4.78 is 3.43. The molecule has 2 heterocycles. The van der Waals surface area contributed by atoms with Crippen LogP contribution < -0.4 is 0 Å². The molecule has 0 saturated heterocycles. The number of hydrogen-bond donors (Lipinski definition) is 0. The van der Waals surface area contributed by atoms with Crippen molar-refractivity contribution in [3.05, 3.63) is 39.9 Å². The highest BCUT2D eigenvalue weighted by Crippen LogP contribution is 2.48. The van der Waals surface area contributed by atoms with Crippen LogP contribution in [0.1, 0.15) is 48.6 Å². The molecule has 1 fully saturated rings. The molecule has 1 unspecified atom stereocenters. The van der Waals surface area contributed by atoms with Gasteiger partial charge in [-0.2, -0.15) is 0 Å². The van der Waals surface area contributed by atoms with Gasteiger partial charge in [-0.1, -0.05) is 22.9 Å². The van der Waals surface area contributed by atoms with Crippen molar-refractivity contribution >= 4 is 15.9 Å². The largest absolute Gasteiger partial charge is 0.285 e. The van der Waals surface area contributed by atoms with Crippen LogP contribution in [0.15, 0.2) is 22.9 Å². The molecule has 2 aromatic rings. The van der Waals surface area contributed by atoms with Crippen molar-refractivity contribution < 1.29 is 0 Å². The van der Waals surface area contributed by atoms with Gasteiger partial charge in [0.25, 0.3) is 0 Å². The highest BCUT2D eigenvalue weighted by atomic mass is 79.9. The molecule has 4 rings (SSSR count). The van der Waals surface area contributed by atoms with E-state index in [4.69, 9.17) is 0 Å². The van der Waals surface area contributed by atoms with E-state index in [1.54, 1.807) is 0 Å². The minimum absolute atomic E-state index is 0.451. The average Bonchev–Trinajstić information content (AvgIpc) is 3.05. The van der Waals surface area contributed by atoms with E-state index < -0.39 is 0 Å². The second-order valence-electron chi connectivity index (χ2n) is 5.40. The van der Waals surface area contributed by atoms with Crippen molar-refractivity contribution in [2.24, 2.45) is 0 Å². The monoisotopic (exact) mass is 303 g/mol. The Kier molecular flexibility index (Phi) is 2.19. The van der Waals surface area contributed by atoms with Crippen molar-refractivity contribution in [3.8, 4) is 5.69 Å². The van der Waals surface area contributed by atoms with Gasteiger partial charge in [0.2, 0.25) is 0 Å². The third kappa shape index (κ3) is 1.41. The van der Waals surface area contributed by atoms with Gasteiger partial charge < -0.3 is 0 Å². The molecule has 1 aromatic heterocycles. The summed E-state index contributed by atoms with van der Waals surface area (Å²) in [5.74, 6) is 2.30. The fraction of sp³-hybridized carbons (Fsp3) is 0.429. The first-order chi connectivity index (χ1) is 8.75. The lowest BCUT2D eigenvalue weighted by Crippen LogP contribution is -2.17. The molecule has 0 N–H and O–H groups in total. The third-order valence-electron chi connectivity index (χ3n) is 4.05. The molecule has 0 bridgehead atoms. The maximum absolute atomic E-state index is 4.25. The van der Waals surface area contributed by atoms with Crippen LogP contribution in [0.3, 0.4) is 0 Å². The minimum Gasteiger partial charge on any atom is -0.285 e. The quantitative estimate of drug-likeness (QED) is 0.806. The maximum Gasteiger partial charge on any atom is 0.140 e. The van der Waals surface area contributed by atoms with Gasteiger partial charge in [0.05, 0.1) is 5.69 Å². The Morgan fingerprint density at radius 3 is 2.94 bits per heavy atom. The molecule has 1 aliphatic carbocycles. The second kappa shape index (κ2) is 3.67. The van der Waals surface area contributed by atoms with E-state index in [9.17, 15) is 0 Å². The van der Waals surface area contributed by atoms with E-state index in [0.29, 0.717) is 5.92 Å². The highest BCUT2D eigenvalue weighted by Gasteiger charge is 2.33. The minimum atomic E-state index is 0.451. The smallest absolute Gasteiger partial charge is 0.140 e. The van der Waals surface area contributed by atoms with Gasteiger partial charge in [-0.25, -0.2) is 0 Å². The molecule has 0 spiro atoms. The van der Waals surface area contributed by atoms with Gasteiger partial charge in [0, 0.05) is 10.4 Å². The van der Waals surface area contributed by atoms with Crippen LogP contribution in [-0.2, 0) is 6.42 Å². The van der Waals surface area contributed by atoms with Crippen LogP contribution in [0.5, 0.6) is 0 Å². The van der Waals surface area contributed by atoms with Crippen LogP contribution in [0, 0.1) is 0 Å². The zero-order chi connectivity index (χ0) is 12.3. The number of rotatable bonds is 1. The summed E-state index contributed by atoms with van der Waals surface area (Å²) in [4.78, 5) is 0. The molecule has 1 atom stereocenters. The zero-order valence-corrected chi connectivity index (χ0v) is 11.8. The Hall–Kier alpha value is -1.16. The molecular weight excluding hydrogens is 290 g/mol. The van der Waals surface area contributed by atoms with E-state index in [1.165, 1.54) is 34.1 Å². The summed E-state index contributed by atoms with van der Waals surface area (Å²) in [6.45, 7) is 2.24. The van der Waals surface area contributed by atoms with Crippen LogP contribution in [0.4, 0.5) is 0 Å². The van der Waals surface area contributed by atoms with Crippen molar-refractivity contribution in [2.45, 2.75) is 38.0 Å². The van der Waals surface area contributed by atoms with Crippen molar-refractivity contribution in [1.29, 1.82) is 0 Å². The number of aromatic nitrogens is 3. The van der Waals surface area contributed by atoms with Crippen LogP contribution in [0.2, 0.25) is 0 Å². The summed E-state index contributed by atoms with van der Waals surface area (Å²) in [7, 11) is 0. The van der Waals surface area contributed by atoms with Crippen molar-refractivity contribution in [2.75, 3.05) is 0 Å². The van der Waals surface area contributed by atoms with E-state index in [2.05, 4.69) is 49.8 Å². The lowest BCUT2D eigenvalue weighted by molar-refractivity contribution is 0.641. The molecule has 4 heteroatoms. The van der Waals surface area contributed by atoms with Gasteiger partial charge >= 0.3 is 0 Å². The Labute approximate surface area is 114 Å². The molecule has 1 saturated carbocycles. The SMILES string of the molecule is CC1Cc2c(ccc(Br)c2C2CC2)-n2cnnc21. The van der Waals surface area contributed by atoms with Gasteiger partial charge in [0.1, 0.15) is 12.2 Å². The van der Waals surface area contributed by atoms with Gasteiger partial charge in [-0.05, 0) is 48.4 Å². The summed E-state index contributed by atoms with van der Waals surface area (Å²) >= 11 is 3.73. The molecule has 1 aromatic carbocycles. The van der Waals surface area contributed by atoms with Gasteiger partial charge in [-0.15, -0.1) is 10.2 Å². The highest BCUT2D eigenvalue weighted by molar-refractivity contribution is 9.10.